The van der Waals surface area contributed by atoms with Crippen LogP contribution in [0.2, 0.25) is 0 Å². The summed E-state index contributed by atoms with van der Waals surface area (Å²) in [5.41, 5.74) is 16.5. The highest BCUT2D eigenvalue weighted by atomic mass is 15.2. The summed E-state index contributed by atoms with van der Waals surface area (Å²) in [5.74, 6) is 0.750. The summed E-state index contributed by atoms with van der Waals surface area (Å²) in [4.78, 5) is 2.70. The Morgan fingerprint density at radius 2 is 1.31 bits per heavy atom. The van der Waals surface area contributed by atoms with Crippen LogP contribution in [0.15, 0.2) is 151 Å². The van der Waals surface area contributed by atoms with Crippen LogP contribution in [-0.4, -0.2) is 5.54 Å². The zero-order valence-electron chi connectivity index (χ0n) is 25.8. The lowest BCUT2D eigenvalue weighted by Crippen LogP contribution is -2.54. The molecule has 5 aromatic carbocycles. The molecule has 0 radical (unpaired) electrons. The number of rotatable bonds is 4. The van der Waals surface area contributed by atoms with Gasteiger partial charge in [-0.2, -0.15) is 0 Å². The van der Waals surface area contributed by atoms with E-state index in [1.54, 1.807) is 5.57 Å². The van der Waals surface area contributed by atoms with Gasteiger partial charge in [-0.1, -0.05) is 128 Å². The van der Waals surface area contributed by atoms with Crippen LogP contribution < -0.4 is 4.90 Å². The maximum absolute atomic E-state index is 2.70. The van der Waals surface area contributed by atoms with E-state index < -0.39 is 0 Å². The molecule has 1 heteroatoms. The smallest absolute Gasteiger partial charge is 0.0498 e. The van der Waals surface area contributed by atoms with Crippen LogP contribution in [0.4, 0.5) is 11.4 Å². The summed E-state index contributed by atoms with van der Waals surface area (Å²) in [7, 11) is 0. The lowest BCUT2D eigenvalue weighted by Gasteiger charge is -2.54. The number of nitrogens with zero attached hydrogens (tertiary/aromatic N) is 1. The van der Waals surface area contributed by atoms with Gasteiger partial charge in [0.2, 0.25) is 0 Å². The van der Waals surface area contributed by atoms with Crippen LogP contribution in [0, 0.1) is 5.92 Å². The number of hydrogen-bond donors (Lipinski definition) is 0. The molecule has 6 bridgehead atoms. The van der Waals surface area contributed by atoms with Gasteiger partial charge in [0.15, 0.2) is 0 Å². The molecule has 3 atom stereocenters. The van der Waals surface area contributed by atoms with Gasteiger partial charge in [-0.3, -0.25) is 0 Å². The number of para-hydroxylation sites is 1. The molecule has 0 spiro atoms. The Hall–Kier alpha value is -4.88. The first-order valence-electron chi connectivity index (χ1n) is 16.6. The van der Waals surface area contributed by atoms with E-state index in [0.29, 0.717) is 11.8 Å². The normalized spacial score (nSPS) is 22.5. The highest BCUT2D eigenvalue weighted by Gasteiger charge is 2.53. The minimum Gasteiger partial charge on any atom is -0.335 e. The van der Waals surface area contributed by atoms with Crippen molar-refractivity contribution >= 4 is 22.5 Å². The maximum Gasteiger partial charge on any atom is 0.0498 e. The molecular weight excluding hydrogens is 542 g/mol. The van der Waals surface area contributed by atoms with Gasteiger partial charge in [-0.25, -0.2) is 0 Å². The summed E-state index contributed by atoms with van der Waals surface area (Å²) in [5, 5.41) is 0. The topological polar surface area (TPSA) is 3.24 Å². The fraction of sp³-hybridized carbons (Fsp3) is 0.182. The predicted molar refractivity (Wildman–Crippen MR) is 189 cm³/mol. The van der Waals surface area contributed by atoms with Crippen molar-refractivity contribution in [1.29, 1.82) is 0 Å². The van der Waals surface area contributed by atoms with Crippen molar-refractivity contribution < 1.29 is 0 Å². The van der Waals surface area contributed by atoms with Gasteiger partial charge in [0, 0.05) is 22.8 Å². The zero-order chi connectivity index (χ0) is 30.0. The van der Waals surface area contributed by atoms with E-state index in [0.717, 1.165) is 12.8 Å². The van der Waals surface area contributed by atoms with Crippen LogP contribution in [0.25, 0.3) is 33.4 Å². The van der Waals surface area contributed by atoms with Crippen molar-refractivity contribution in [3.8, 4) is 22.3 Å². The van der Waals surface area contributed by atoms with Crippen molar-refractivity contribution in [3.05, 3.63) is 168 Å². The number of benzene rings is 5. The van der Waals surface area contributed by atoms with Gasteiger partial charge in [-0.05, 0) is 112 Å². The molecule has 1 nitrogen and oxygen atoms in total. The predicted octanol–water partition coefficient (Wildman–Crippen LogP) is 11.6. The van der Waals surface area contributed by atoms with E-state index in [1.807, 2.05) is 0 Å². The SMILES string of the molecule is CC1(N(c2ccccc2)c2ccc(-c3ccccc3)cc2)CCCC2c3cccc4c3-c3ccccc3C3=C(C4=CCC=C3)C21. The van der Waals surface area contributed by atoms with Gasteiger partial charge >= 0.3 is 0 Å². The average Bonchev–Trinajstić information content (AvgIpc) is 3.39. The third-order valence-corrected chi connectivity index (χ3v) is 10.9. The Kier molecular flexibility index (Phi) is 6.10. The van der Waals surface area contributed by atoms with E-state index in [2.05, 4.69) is 157 Å². The van der Waals surface area contributed by atoms with E-state index in [-0.39, 0.29) is 5.54 Å². The van der Waals surface area contributed by atoms with Crippen LogP contribution in [-0.2, 0) is 0 Å². The second-order valence-corrected chi connectivity index (χ2v) is 13.3. The number of anilines is 2. The molecule has 5 aromatic rings. The second kappa shape index (κ2) is 10.3. The van der Waals surface area contributed by atoms with Crippen LogP contribution >= 0.6 is 0 Å². The fourth-order valence-corrected chi connectivity index (χ4v) is 9.16. The largest absolute Gasteiger partial charge is 0.335 e. The lowest BCUT2D eigenvalue weighted by atomic mass is 9.59. The standard InChI is InChI=1S/C44H37N/c1-44(45(32-16-6-3-7-17-32)33-27-25-31(26-28-33)30-14-4-2-5-15-30)29-13-24-40-39-23-12-22-37-38-21-11-10-20-36(42(38)43(40)44)34-18-8-9-19-35(34)41(37)39/h2-10,12,14-23,25-28,40,43H,11,13,24,29H2,1H3. The third-order valence-electron chi connectivity index (χ3n) is 10.9. The molecule has 0 aromatic heterocycles. The first-order chi connectivity index (χ1) is 22.2. The number of hydrogen-bond acceptors (Lipinski definition) is 1. The molecule has 3 unspecified atom stereocenters. The molecule has 9 rings (SSSR count). The molecule has 0 aliphatic heterocycles. The number of allylic oxidation sites excluding steroid dienone is 5. The second-order valence-electron chi connectivity index (χ2n) is 13.3. The molecule has 45 heavy (non-hydrogen) atoms. The zero-order valence-corrected chi connectivity index (χ0v) is 25.8. The Balaban J connectivity index is 1.31. The van der Waals surface area contributed by atoms with Gasteiger partial charge < -0.3 is 4.90 Å². The van der Waals surface area contributed by atoms with Crippen molar-refractivity contribution in [1.82, 2.24) is 0 Å². The molecule has 4 aliphatic rings. The van der Waals surface area contributed by atoms with Gasteiger partial charge in [0.25, 0.3) is 0 Å². The molecule has 4 aliphatic carbocycles. The Bertz CT molecular complexity index is 2010. The van der Waals surface area contributed by atoms with Gasteiger partial charge in [-0.15, -0.1) is 0 Å². The number of fused-ring (bicyclic) bond motifs is 4. The van der Waals surface area contributed by atoms with Crippen LogP contribution in [0.5, 0.6) is 0 Å². The molecule has 0 N–H and O–H groups in total. The Morgan fingerprint density at radius 1 is 0.644 bits per heavy atom. The monoisotopic (exact) mass is 579 g/mol. The first kappa shape index (κ1) is 26.5. The summed E-state index contributed by atoms with van der Waals surface area (Å²) in [6.07, 6.45) is 11.8. The maximum atomic E-state index is 2.70. The van der Waals surface area contributed by atoms with Crippen molar-refractivity contribution in [2.24, 2.45) is 5.92 Å². The fourth-order valence-electron chi connectivity index (χ4n) is 9.16. The van der Waals surface area contributed by atoms with Crippen LogP contribution in [0.1, 0.15) is 55.2 Å². The van der Waals surface area contributed by atoms with E-state index in [4.69, 9.17) is 0 Å². The van der Waals surface area contributed by atoms with E-state index in [9.17, 15) is 0 Å². The van der Waals surface area contributed by atoms with Crippen molar-refractivity contribution in [3.63, 3.8) is 0 Å². The average molecular weight is 580 g/mol. The molecule has 1 saturated carbocycles. The molecule has 0 saturated heterocycles. The summed E-state index contributed by atoms with van der Waals surface area (Å²) < 4.78 is 0. The van der Waals surface area contributed by atoms with E-state index >= 15 is 0 Å². The quantitative estimate of drug-likeness (QED) is 0.205. The molecule has 0 amide bonds. The minimum absolute atomic E-state index is 0.160. The molecular formula is C44H37N. The Morgan fingerprint density at radius 3 is 2.11 bits per heavy atom. The van der Waals surface area contributed by atoms with Gasteiger partial charge in [0.1, 0.15) is 0 Å². The molecule has 1 fully saturated rings. The van der Waals surface area contributed by atoms with Crippen molar-refractivity contribution in [2.75, 3.05) is 4.90 Å². The lowest BCUT2D eigenvalue weighted by molar-refractivity contribution is 0.213. The Labute approximate surface area is 266 Å². The summed E-state index contributed by atoms with van der Waals surface area (Å²) in [6.45, 7) is 2.57. The van der Waals surface area contributed by atoms with Crippen molar-refractivity contribution in [2.45, 2.75) is 44.1 Å². The molecule has 0 heterocycles. The van der Waals surface area contributed by atoms with E-state index in [1.165, 1.54) is 74.3 Å². The van der Waals surface area contributed by atoms with Gasteiger partial charge in [0.05, 0.1) is 0 Å². The summed E-state index contributed by atoms with van der Waals surface area (Å²) >= 11 is 0. The first-order valence-corrected chi connectivity index (χ1v) is 16.6. The highest BCUT2D eigenvalue weighted by molar-refractivity contribution is 6.06. The highest BCUT2D eigenvalue weighted by Crippen LogP contribution is 2.62. The molecule has 218 valence electrons. The minimum atomic E-state index is -0.160. The van der Waals surface area contributed by atoms with Crippen LogP contribution in [0.3, 0.4) is 0 Å². The third kappa shape index (κ3) is 4.00. The summed E-state index contributed by atoms with van der Waals surface area (Å²) in [6, 6.07) is 47.5.